The van der Waals surface area contributed by atoms with Crippen LogP contribution in [0.15, 0.2) is 42.6 Å². The molecule has 1 aromatic carbocycles. The lowest BCUT2D eigenvalue weighted by Gasteiger charge is -2.24. The monoisotopic (exact) mass is 328 g/mol. The Labute approximate surface area is 139 Å². The van der Waals surface area contributed by atoms with Gasteiger partial charge in [-0.1, -0.05) is 12.1 Å². The predicted octanol–water partition coefficient (Wildman–Crippen LogP) is 2.98. The Hall–Kier alpha value is -2.76. The topological polar surface area (TPSA) is 59.5 Å². The van der Waals surface area contributed by atoms with Crippen molar-refractivity contribution in [3.8, 4) is 0 Å². The molecule has 2 aromatic rings. The highest BCUT2D eigenvalue weighted by Gasteiger charge is 2.31. The van der Waals surface area contributed by atoms with Gasteiger partial charge in [-0.15, -0.1) is 0 Å². The Bertz CT molecular complexity index is 744. The van der Waals surface area contributed by atoms with Gasteiger partial charge < -0.3 is 9.64 Å². The molecule has 24 heavy (non-hydrogen) atoms. The first-order valence-electron chi connectivity index (χ1n) is 7.71. The molecule has 1 unspecified atom stereocenters. The number of carbonyl (C=O) groups excluding carboxylic acids is 2. The van der Waals surface area contributed by atoms with Crippen LogP contribution in [0.3, 0.4) is 0 Å². The van der Waals surface area contributed by atoms with E-state index in [-0.39, 0.29) is 23.5 Å². The van der Waals surface area contributed by atoms with E-state index in [0.717, 1.165) is 18.4 Å². The molecule has 2 heterocycles. The van der Waals surface area contributed by atoms with Crippen LogP contribution in [0.5, 0.6) is 0 Å². The van der Waals surface area contributed by atoms with Crippen LogP contribution in [-0.4, -0.2) is 35.4 Å². The van der Waals surface area contributed by atoms with Crippen LogP contribution in [0, 0.1) is 5.82 Å². The van der Waals surface area contributed by atoms with Crippen LogP contribution in [0.2, 0.25) is 0 Å². The van der Waals surface area contributed by atoms with Crippen molar-refractivity contribution in [2.45, 2.75) is 18.9 Å². The number of esters is 1. The molecule has 1 fully saturated rings. The fourth-order valence-electron chi connectivity index (χ4n) is 2.95. The Kier molecular flexibility index (Phi) is 4.55. The van der Waals surface area contributed by atoms with Gasteiger partial charge in [-0.05, 0) is 42.7 Å². The number of carbonyl (C=O) groups is 2. The fourth-order valence-corrected chi connectivity index (χ4v) is 2.95. The summed E-state index contributed by atoms with van der Waals surface area (Å²) in [6.07, 6.45) is 3.05. The molecule has 1 saturated heterocycles. The van der Waals surface area contributed by atoms with E-state index in [0.29, 0.717) is 12.1 Å². The molecule has 5 nitrogen and oxygen atoms in total. The van der Waals surface area contributed by atoms with Crippen LogP contribution < -0.4 is 0 Å². The molecular formula is C18H17FN2O3. The van der Waals surface area contributed by atoms with Crippen molar-refractivity contribution in [2.24, 2.45) is 0 Å². The Morgan fingerprint density at radius 3 is 2.58 bits per heavy atom. The van der Waals surface area contributed by atoms with Crippen molar-refractivity contribution in [1.82, 2.24) is 9.88 Å². The Balaban J connectivity index is 1.80. The van der Waals surface area contributed by atoms with E-state index in [1.807, 2.05) is 0 Å². The summed E-state index contributed by atoms with van der Waals surface area (Å²) in [5.74, 6) is -0.986. The first-order chi connectivity index (χ1) is 11.6. The number of aromatic nitrogens is 1. The molecule has 6 heteroatoms. The van der Waals surface area contributed by atoms with Crippen molar-refractivity contribution in [3.63, 3.8) is 0 Å². The lowest BCUT2D eigenvalue weighted by atomic mass is 10.0. The van der Waals surface area contributed by atoms with Crippen LogP contribution in [0.4, 0.5) is 4.39 Å². The lowest BCUT2D eigenvalue weighted by molar-refractivity contribution is 0.0598. The van der Waals surface area contributed by atoms with Gasteiger partial charge in [0.1, 0.15) is 11.5 Å². The summed E-state index contributed by atoms with van der Waals surface area (Å²) < 4.78 is 17.7. The van der Waals surface area contributed by atoms with Crippen molar-refractivity contribution in [2.75, 3.05) is 13.7 Å². The van der Waals surface area contributed by atoms with Gasteiger partial charge in [-0.3, -0.25) is 9.78 Å². The number of pyridine rings is 1. The molecule has 124 valence electrons. The molecule has 3 rings (SSSR count). The van der Waals surface area contributed by atoms with E-state index in [9.17, 15) is 14.0 Å². The summed E-state index contributed by atoms with van der Waals surface area (Å²) >= 11 is 0. The molecule has 1 aromatic heterocycles. The second kappa shape index (κ2) is 6.78. The number of rotatable bonds is 3. The van der Waals surface area contributed by atoms with E-state index < -0.39 is 5.97 Å². The number of ether oxygens (including phenoxy) is 1. The predicted molar refractivity (Wildman–Crippen MR) is 85.0 cm³/mol. The Morgan fingerprint density at radius 1 is 1.21 bits per heavy atom. The lowest BCUT2D eigenvalue weighted by Crippen LogP contribution is -2.31. The van der Waals surface area contributed by atoms with E-state index >= 15 is 0 Å². The number of halogens is 1. The van der Waals surface area contributed by atoms with Crippen LogP contribution in [0.25, 0.3) is 0 Å². The maximum atomic E-state index is 13.1. The van der Waals surface area contributed by atoms with E-state index in [1.165, 1.54) is 37.6 Å². The zero-order chi connectivity index (χ0) is 17.1. The summed E-state index contributed by atoms with van der Waals surface area (Å²) in [7, 11) is 1.29. The summed E-state index contributed by atoms with van der Waals surface area (Å²) in [6, 6.07) is 9.18. The van der Waals surface area contributed by atoms with Crippen molar-refractivity contribution in [1.29, 1.82) is 0 Å². The zero-order valence-electron chi connectivity index (χ0n) is 13.2. The first kappa shape index (κ1) is 16.1. The molecule has 0 bridgehead atoms. The number of likely N-dealkylation sites (tertiary alicyclic amines) is 1. The maximum Gasteiger partial charge on any atom is 0.339 e. The van der Waals surface area contributed by atoms with Gasteiger partial charge in [0.2, 0.25) is 0 Å². The van der Waals surface area contributed by atoms with Gasteiger partial charge >= 0.3 is 5.97 Å². The average Bonchev–Trinajstić information content (AvgIpc) is 3.11. The highest BCUT2D eigenvalue weighted by Crippen LogP contribution is 2.32. The molecule has 0 N–H and O–H groups in total. The fraction of sp³-hybridized carbons (Fsp3) is 0.278. The molecule has 1 atom stereocenters. The molecule has 1 amide bonds. The summed E-state index contributed by atoms with van der Waals surface area (Å²) in [5, 5.41) is 0. The summed E-state index contributed by atoms with van der Waals surface area (Å²) in [4.78, 5) is 30.0. The third kappa shape index (κ3) is 3.13. The third-order valence-corrected chi connectivity index (χ3v) is 4.17. The van der Waals surface area contributed by atoms with Gasteiger partial charge in [0, 0.05) is 12.7 Å². The van der Waals surface area contributed by atoms with Gasteiger partial charge in [0.15, 0.2) is 0 Å². The molecule has 0 aliphatic carbocycles. The number of nitrogens with zero attached hydrogens (tertiary/aromatic N) is 2. The van der Waals surface area contributed by atoms with Gasteiger partial charge in [-0.2, -0.15) is 0 Å². The summed E-state index contributed by atoms with van der Waals surface area (Å²) in [6.45, 7) is 0.626. The molecule has 0 radical (unpaired) electrons. The van der Waals surface area contributed by atoms with Crippen molar-refractivity contribution >= 4 is 11.9 Å². The minimum absolute atomic E-state index is 0.0832. The molecule has 0 spiro atoms. The van der Waals surface area contributed by atoms with Crippen LogP contribution >= 0.6 is 0 Å². The third-order valence-electron chi connectivity index (χ3n) is 4.17. The number of hydrogen-bond donors (Lipinski definition) is 0. The van der Waals surface area contributed by atoms with Crippen LogP contribution in [-0.2, 0) is 4.74 Å². The molecule has 1 aliphatic rings. The van der Waals surface area contributed by atoms with Crippen molar-refractivity contribution < 1.29 is 18.7 Å². The second-order valence-corrected chi connectivity index (χ2v) is 5.63. The van der Waals surface area contributed by atoms with E-state index in [1.54, 1.807) is 17.0 Å². The largest absolute Gasteiger partial charge is 0.465 e. The zero-order valence-corrected chi connectivity index (χ0v) is 13.2. The van der Waals surface area contributed by atoms with Gasteiger partial charge in [0.05, 0.1) is 18.7 Å². The average molecular weight is 328 g/mol. The second-order valence-electron chi connectivity index (χ2n) is 5.63. The number of amides is 1. The maximum absolute atomic E-state index is 13.1. The highest BCUT2D eigenvalue weighted by molar-refractivity contribution is 5.94. The smallest absolute Gasteiger partial charge is 0.339 e. The number of benzene rings is 1. The van der Waals surface area contributed by atoms with Gasteiger partial charge in [0.25, 0.3) is 5.91 Å². The van der Waals surface area contributed by atoms with E-state index in [2.05, 4.69) is 9.72 Å². The quantitative estimate of drug-likeness (QED) is 0.813. The standard InChI is InChI=1S/C18H17FN2O3/c1-24-18(23)13-6-9-15(20-11-13)17(22)21-10-2-3-16(21)12-4-7-14(19)8-5-12/h4-9,11,16H,2-3,10H2,1H3. The van der Waals surface area contributed by atoms with Crippen molar-refractivity contribution in [3.05, 3.63) is 65.2 Å². The van der Waals surface area contributed by atoms with Crippen LogP contribution in [0.1, 0.15) is 45.3 Å². The SMILES string of the molecule is COC(=O)c1ccc(C(=O)N2CCCC2c2ccc(F)cc2)nc1. The molecular weight excluding hydrogens is 311 g/mol. The minimum Gasteiger partial charge on any atom is -0.465 e. The minimum atomic E-state index is -0.494. The Morgan fingerprint density at radius 2 is 1.96 bits per heavy atom. The highest BCUT2D eigenvalue weighted by atomic mass is 19.1. The number of hydrogen-bond acceptors (Lipinski definition) is 4. The first-order valence-corrected chi connectivity index (χ1v) is 7.71. The number of methoxy groups -OCH3 is 1. The molecule has 1 aliphatic heterocycles. The van der Waals surface area contributed by atoms with E-state index in [4.69, 9.17) is 0 Å². The normalized spacial score (nSPS) is 16.9. The van der Waals surface area contributed by atoms with Gasteiger partial charge in [-0.25, -0.2) is 9.18 Å². The molecule has 0 saturated carbocycles. The summed E-state index contributed by atoms with van der Waals surface area (Å²) in [5.41, 5.74) is 1.48.